The Hall–Kier alpha value is -2.09. The van der Waals surface area contributed by atoms with E-state index < -0.39 is 11.2 Å². The van der Waals surface area contributed by atoms with Gasteiger partial charge >= 0.3 is 0 Å². The van der Waals surface area contributed by atoms with E-state index in [4.69, 9.17) is 10.00 Å². The van der Waals surface area contributed by atoms with E-state index in [0.717, 1.165) is 0 Å². The molecule has 0 radical (unpaired) electrons. The molecular formula is C17H23FN2O2. The van der Waals surface area contributed by atoms with E-state index in [0.29, 0.717) is 24.5 Å². The molecule has 1 amide bonds. The van der Waals surface area contributed by atoms with Crippen LogP contribution in [0.15, 0.2) is 12.1 Å². The molecule has 0 atom stereocenters. The third kappa shape index (κ3) is 3.97. The van der Waals surface area contributed by atoms with Gasteiger partial charge in [-0.1, -0.05) is 34.6 Å². The Morgan fingerprint density at radius 1 is 1.36 bits per heavy atom. The number of fused-ring (bicyclic) bond motifs is 1. The van der Waals surface area contributed by atoms with E-state index in [1.165, 1.54) is 12.1 Å². The Morgan fingerprint density at radius 2 is 2.00 bits per heavy atom. The molecule has 0 fully saturated rings. The second-order valence-corrected chi connectivity index (χ2v) is 5.87. The van der Waals surface area contributed by atoms with E-state index in [9.17, 15) is 9.18 Å². The zero-order valence-electron chi connectivity index (χ0n) is 13.9. The molecule has 0 spiro atoms. The molecule has 120 valence electrons. The van der Waals surface area contributed by atoms with Gasteiger partial charge < -0.3 is 9.64 Å². The van der Waals surface area contributed by atoms with Gasteiger partial charge in [-0.3, -0.25) is 4.79 Å². The van der Waals surface area contributed by atoms with Crippen LogP contribution in [-0.4, -0.2) is 24.0 Å². The second kappa shape index (κ2) is 7.26. The molecule has 0 N–H and O–H groups in total. The first-order chi connectivity index (χ1) is 10.3. The van der Waals surface area contributed by atoms with Crippen molar-refractivity contribution in [1.82, 2.24) is 4.90 Å². The van der Waals surface area contributed by atoms with Crippen molar-refractivity contribution in [1.29, 1.82) is 5.26 Å². The van der Waals surface area contributed by atoms with Gasteiger partial charge in [-0.05, 0) is 12.1 Å². The Bertz CT molecular complexity index is 586. The van der Waals surface area contributed by atoms with E-state index in [1.54, 1.807) is 4.90 Å². The number of hydrogen-bond donors (Lipinski definition) is 0. The molecule has 0 saturated heterocycles. The molecule has 0 bridgehead atoms. The average molecular weight is 306 g/mol. The van der Waals surface area contributed by atoms with Gasteiger partial charge in [0.1, 0.15) is 18.2 Å². The summed E-state index contributed by atoms with van der Waals surface area (Å²) in [5.41, 5.74) is 0.0315. The van der Waals surface area contributed by atoms with Gasteiger partial charge in [-0.2, -0.15) is 5.26 Å². The van der Waals surface area contributed by atoms with Crippen LogP contribution in [0.25, 0.3) is 0 Å². The lowest BCUT2D eigenvalue weighted by atomic mass is 9.94. The van der Waals surface area contributed by atoms with Crippen molar-refractivity contribution in [3.05, 3.63) is 29.1 Å². The highest BCUT2D eigenvalue weighted by Gasteiger charge is 2.30. The van der Waals surface area contributed by atoms with Crippen LogP contribution in [0.1, 0.15) is 45.7 Å². The number of nitrogens with zero attached hydrogens (tertiary/aromatic N) is 2. The lowest BCUT2D eigenvalue weighted by Crippen LogP contribution is -2.40. The monoisotopic (exact) mass is 306 g/mol. The van der Waals surface area contributed by atoms with Gasteiger partial charge in [0.05, 0.1) is 24.7 Å². The largest absolute Gasteiger partial charge is 0.491 e. The van der Waals surface area contributed by atoms with Crippen LogP contribution in [0.5, 0.6) is 5.75 Å². The average Bonchev–Trinajstić information content (AvgIpc) is 2.70. The lowest BCUT2D eigenvalue weighted by molar-refractivity contribution is -0.140. The summed E-state index contributed by atoms with van der Waals surface area (Å²) in [6, 6.07) is 4.59. The van der Waals surface area contributed by atoms with Crippen molar-refractivity contribution >= 4 is 5.91 Å². The van der Waals surface area contributed by atoms with E-state index >= 15 is 0 Å². The predicted molar refractivity (Wildman–Crippen MR) is 82.8 cm³/mol. The van der Waals surface area contributed by atoms with Crippen LogP contribution in [0.3, 0.4) is 0 Å². The maximum Gasteiger partial charge on any atom is 0.228 e. The van der Waals surface area contributed by atoms with Crippen molar-refractivity contribution in [3.8, 4) is 11.8 Å². The number of carbonyl (C=O) groups excluding carboxylic acids is 1. The fourth-order valence-corrected chi connectivity index (χ4v) is 2.14. The molecule has 1 heterocycles. The Balaban J connectivity index is 0.00000116. The van der Waals surface area contributed by atoms with E-state index in [1.807, 2.05) is 40.7 Å². The molecule has 1 aliphatic rings. The van der Waals surface area contributed by atoms with Gasteiger partial charge in [0.15, 0.2) is 0 Å². The van der Waals surface area contributed by atoms with Crippen LogP contribution < -0.4 is 4.74 Å². The minimum atomic E-state index is -0.520. The van der Waals surface area contributed by atoms with Gasteiger partial charge in [0.25, 0.3) is 0 Å². The summed E-state index contributed by atoms with van der Waals surface area (Å²) in [5, 5.41) is 8.84. The molecule has 0 saturated carbocycles. The van der Waals surface area contributed by atoms with Crippen LogP contribution in [0, 0.1) is 22.6 Å². The van der Waals surface area contributed by atoms with Crippen LogP contribution in [0.2, 0.25) is 0 Å². The Kier molecular flexibility index (Phi) is 5.92. The molecule has 2 rings (SSSR count). The third-order valence-electron chi connectivity index (χ3n) is 3.18. The predicted octanol–water partition coefficient (Wildman–Crippen LogP) is 3.49. The zero-order chi connectivity index (χ0) is 16.9. The van der Waals surface area contributed by atoms with Crippen molar-refractivity contribution < 1.29 is 13.9 Å². The number of nitriles is 1. The van der Waals surface area contributed by atoms with Crippen molar-refractivity contribution in [2.45, 2.75) is 41.2 Å². The number of hydrogen-bond acceptors (Lipinski definition) is 3. The summed E-state index contributed by atoms with van der Waals surface area (Å²) in [5.74, 6) is -0.198. The molecule has 0 aromatic heterocycles. The number of benzene rings is 1. The molecule has 1 aromatic carbocycles. The number of amides is 1. The highest BCUT2D eigenvalue weighted by atomic mass is 19.1. The highest BCUT2D eigenvalue weighted by Crippen LogP contribution is 2.29. The maximum atomic E-state index is 14.1. The van der Waals surface area contributed by atoms with Crippen molar-refractivity contribution in [3.63, 3.8) is 0 Å². The van der Waals surface area contributed by atoms with E-state index in [-0.39, 0.29) is 18.0 Å². The van der Waals surface area contributed by atoms with Crippen LogP contribution in [0.4, 0.5) is 4.39 Å². The van der Waals surface area contributed by atoms with Gasteiger partial charge in [-0.15, -0.1) is 0 Å². The summed E-state index contributed by atoms with van der Waals surface area (Å²) >= 11 is 0. The van der Waals surface area contributed by atoms with Crippen molar-refractivity contribution in [2.75, 3.05) is 13.2 Å². The molecule has 0 aliphatic carbocycles. The Morgan fingerprint density at radius 3 is 2.55 bits per heavy atom. The molecule has 1 aliphatic heterocycles. The zero-order valence-corrected chi connectivity index (χ0v) is 13.9. The maximum absolute atomic E-state index is 14.1. The Labute approximate surface area is 131 Å². The van der Waals surface area contributed by atoms with E-state index in [2.05, 4.69) is 0 Å². The third-order valence-corrected chi connectivity index (χ3v) is 3.18. The van der Waals surface area contributed by atoms with Gasteiger partial charge in [0, 0.05) is 11.0 Å². The molecule has 22 heavy (non-hydrogen) atoms. The molecule has 4 nitrogen and oxygen atoms in total. The second-order valence-electron chi connectivity index (χ2n) is 5.87. The molecule has 0 unspecified atom stereocenters. The summed E-state index contributed by atoms with van der Waals surface area (Å²) in [7, 11) is 0. The molecule has 5 heteroatoms. The summed E-state index contributed by atoms with van der Waals surface area (Å²) in [6.07, 6.45) is 0. The van der Waals surface area contributed by atoms with Crippen LogP contribution in [-0.2, 0) is 11.3 Å². The normalized spacial score (nSPS) is 13.8. The first-order valence-corrected chi connectivity index (χ1v) is 7.47. The summed E-state index contributed by atoms with van der Waals surface area (Å²) in [4.78, 5) is 13.9. The topological polar surface area (TPSA) is 53.3 Å². The molecular weight excluding hydrogens is 283 g/mol. The summed E-state index contributed by atoms with van der Waals surface area (Å²) < 4.78 is 19.5. The minimum Gasteiger partial charge on any atom is -0.491 e. The standard InChI is InChI=1S/C15H17FN2O2.C2H6/c1-15(2,3)14(19)18-4-5-20-13-7-10(8-17)6-12(16)11(13)9-18;1-2/h6-7H,4-5,9H2,1-3H3;1-2H3. The number of rotatable bonds is 0. The first-order valence-electron chi connectivity index (χ1n) is 7.47. The number of carbonyl (C=O) groups is 1. The van der Waals surface area contributed by atoms with Gasteiger partial charge in [0.2, 0.25) is 5.91 Å². The van der Waals surface area contributed by atoms with Gasteiger partial charge in [-0.25, -0.2) is 4.39 Å². The number of halogens is 1. The first kappa shape index (κ1) is 18.0. The fraction of sp³-hybridized carbons (Fsp3) is 0.529. The SMILES string of the molecule is CC.CC(C)(C)C(=O)N1CCOc2cc(C#N)cc(F)c2C1. The quantitative estimate of drug-likeness (QED) is 0.737. The smallest absolute Gasteiger partial charge is 0.228 e. The lowest BCUT2D eigenvalue weighted by Gasteiger charge is -2.27. The number of ether oxygens (including phenoxy) is 1. The highest BCUT2D eigenvalue weighted by molar-refractivity contribution is 5.81. The minimum absolute atomic E-state index is 0.0438. The summed E-state index contributed by atoms with van der Waals surface area (Å²) in [6.45, 7) is 10.4. The fourth-order valence-electron chi connectivity index (χ4n) is 2.14. The molecule has 1 aromatic rings. The van der Waals surface area contributed by atoms with Crippen molar-refractivity contribution in [2.24, 2.45) is 5.41 Å². The van der Waals surface area contributed by atoms with Crippen LogP contribution >= 0.6 is 0 Å².